The molecule has 3 nitrogen and oxygen atoms in total. The fourth-order valence-corrected chi connectivity index (χ4v) is 0.589. The zero-order valence-corrected chi connectivity index (χ0v) is 7.59. The fourth-order valence-electron chi connectivity index (χ4n) is 0.589. The third-order valence-electron chi connectivity index (χ3n) is 1.56. The summed E-state index contributed by atoms with van der Waals surface area (Å²) in [5.74, 6) is 0. The number of hydrogen-bond acceptors (Lipinski definition) is 2. The summed E-state index contributed by atoms with van der Waals surface area (Å²) in [5, 5.41) is 17.6. The second-order valence-electron chi connectivity index (χ2n) is 2.70. The highest BCUT2D eigenvalue weighted by atomic mass is 35.5. The Morgan fingerprint density at radius 3 is 2.09 bits per heavy atom. The van der Waals surface area contributed by atoms with Crippen LogP contribution in [0.4, 0.5) is 0 Å². The van der Waals surface area contributed by atoms with Crippen molar-refractivity contribution in [2.45, 2.75) is 6.42 Å². The highest BCUT2D eigenvalue weighted by Gasteiger charge is 2.16. The maximum atomic E-state index is 8.79. The van der Waals surface area contributed by atoms with Gasteiger partial charge in [0.1, 0.15) is 0 Å². The lowest BCUT2D eigenvalue weighted by Gasteiger charge is -2.28. The van der Waals surface area contributed by atoms with Crippen LogP contribution in [0.3, 0.4) is 0 Å². The normalized spacial score (nSPS) is 10.5. The van der Waals surface area contributed by atoms with Crippen molar-refractivity contribution in [1.82, 2.24) is 0 Å². The molecular formula is C7H16ClNO2. The van der Waals surface area contributed by atoms with Crippen LogP contribution in [-0.4, -0.2) is 41.8 Å². The number of aliphatic hydroxyl groups is 2. The Kier molecular flexibility index (Phi) is 8.11. The van der Waals surface area contributed by atoms with Gasteiger partial charge in [0, 0.05) is 6.42 Å². The Morgan fingerprint density at radius 2 is 1.82 bits per heavy atom. The average Bonchev–Trinajstić information content (AvgIpc) is 2.00. The van der Waals surface area contributed by atoms with Crippen LogP contribution in [0.25, 0.3) is 0 Å². The van der Waals surface area contributed by atoms with Crippen LogP contribution in [0.2, 0.25) is 0 Å². The van der Waals surface area contributed by atoms with E-state index in [1.165, 1.54) is 0 Å². The van der Waals surface area contributed by atoms with E-state index in [0.717, 1.165) is 13.0 Å². The van der Waals surface area contributed by atoms with E-state index in [-0.39, 0.29) is 30.4 Å². The lowest BCUT2D eigenvalue weighted by atomic mass is 10.3. The molecule has 0 bridgehead atoms. The Balaban J connectivity index is 0. The summed E-state index contributed by atoms with van der Waals surface area (Å²) in [6.45, 7) is 4.24. The first-order chi connectivity index (χ1) is 4.68. The molecule has 0 amide bonds. The first-order valence-electron chi connectivity index (χ1n) is 3.34. The third kappa shape index (κ3) is 5.21. The fraction of sp³-hybridized carbons (Fsp3) is 0.714. The predicted molar refractivity (Wildman–Crippen MR) is 40.0 cm³/mol. The van der Waals surface area contributed by atoms with E-state index in [0.29, 0.717) is 0 Å². The number of rotatable bonds is 5. The van der Waals surface area contributed by atoms with E-state index < -0.39 is 0 Å². The van der Waals surface area contributed by atoms with E-state index in [1.807, 2.05) is 0 Å². The molecule has 11 heavy (non-hydrogen) atoms. The molecule has 0 aliphatic carbocycles. The second-order valence-corrected chi connectivity index (χ2v) is 2.70. The van der Waals surface area contributed by atoms with Gasteiger partial charge in [-0.15, -0.1) is 6.58 Å². The van der Waals surface area contributed by atoms with Crippen molar-refractivity contribution in [3.63, 3.8) is 0 Å². The average molecular weight is 182 g/mol. The lowest BCUT2D eigenvalue weighted by Crippen LogP contribution is -3.00. The van der Waals surface area contributed by atoms with Crippen LogP contribution in [0.1, 0.15) is 6.42 Å². The summed E-state index contributed by atoms with van der Waals surface area (Å²) >= 11 is 0. The van der Waals surface area contributed by atoms with E-state index in [9.17, 15) is 0 Å². The van der Waals surface area contributed by atoms with Gasteiger partial charge in [0.05, 0.1) is 13.6 Å². The summed E-state index contributed by atoms with van der Waals surface area (Å²) in [7, 11) is 1.80. The van der Waals surface area contributed by atoms with Gasteiger partial charge in [-0.2, -0.15) is 0 Å². The molecule has 0 saturated heterocycles. The van der Waals surface area contributed by atoms with Gasteiger partial charge in [0.15, 0.2) is 13.5 Å². The predicted octanol–water partition coefficient (Wildman–Crippen LogP) is -3.09. The molecular weight excluding hydrogens is 166 g/mol. The van der Waals surface area contributed by atoms with E-state index in [2.05, 4.69) is 6.58 Å². The van der Waals surface area contributed by atoms with Gasteiger partial charge in [0.2, 0.25) is 0 Å². The van der Waals surface area contributed by atoms with E-state index >= 15 is 0 Å². The summed E-state index contributed by atoms with van der Waals surface area (Å²) in [5.41, 5.74) is 0. The highest BCUT2D eigenvalue weighted by Crippen LogP contribution is 1.99. The molecule has 0 radical (unpaired) electrons. The summed E-state index contributed by atoms with van der Waals surface area (Å²) < 4.78 is 0.284. The van der Waals surface area contributed by atoms with Crippen LogP contribution >= 0.6 is 0 Å². The summed E-state index contributed by atoms with van der Waals surface area (Å²) in [4.78, 5) is 0. The Bertz CT molecular complexity index is 105. The molecule has 0 fully saturated rings. The van der Waals surface area contributed by atoms with Gasteiger partial charge in [-0.05, 0) is 0 Å². The highest BCUT2D eigenvalue weighted by molar-refractivity contribution is 4.64. The maximum absolute atomic E-state index is 8.79. The molecule has 0 unspecified atom stereocenters. The molecule has 0 saturated carbocycles. The SMILES string of the molecule is C=CCC[N+](C)(CO)CO.[Cl-]. The van der Waals surface area contributed by atoms with E-state index in [4.69, 9.17) is 10.2 Å². The van der Waals surface area contributed by atoms with Gasteiger partial charge in [-0.1, -0.05) is 6.08 Å². The third-order valence-corrected chi connectivity index (χ3v) is 1.56. The van der Waals surface area contributed by atoms with Crippen molar-refractivity contribution in [3.8, 4) is 0 Å². The molecule has 2 N–H and O–H groups in total. The minimum absolute atomic E-state index is 0. The van der Waals surface area contributed by atoms with Gasteiger partial charge in [-0.25, -0.2) is 0 Å². The molecule has 0 rings (SSSR count). The zero-order chi connectivity index (χ0) is 8.04. The standard InChI is InChI=1S/C7H16NO2.ClH/c1-3-4-5-8(2,6-9)7-10;/h3,9-10H,1,4-7H2,2H3;1H/q+1;/p-1. The minimum atomic E-state index is -0.0235. The largest absolute Gasteiger partial charge is 1.00 e. The molecule has 0 aliphatic heterocycles. The topological polar surface area (TPSA) is 40.5 Å². The minimum Gasteiger partial charge on any atom is -1.00 e. The monoisotopic (exact) mass is 181 g/mol. The van der Waals surface area contributed by atoms with Crippen LogP contribution in [-0.2, 0) is 0 Å². The number of quaternary nitrogens is 1. The van der Waals surface area contributed by atoms with Crippen LogP contribution in [0.5, 0.6) is 0 Å². The van der Waals surface area contributed by atoms with Crippen LogP contribution < -0.4 is 12.4 Å². The Hall–Kier alpha value is -0.0900. The molecule has 0 aromatic heterocycles. The van der Waals surface area contributed by atoms with Crippen LogP contribution in [0.15, 0.2) is 12.7 Å². The van der Waals surface area contributed by atoms with Gasteiger partial charge in [-0.3, -0.25) is 4.48 Å². The van der Waals surface area contributed by atoms with Crippen molar-refractivity contribution in [2.75, 3.05) is 27.1 Å². The summed E-state index contributed by atoms with van der Waals surface area (Å²) in [6, 6.07) is 0. The molecule has 0 heterocycles. The number of hydrogen-bond donors (Lipinski definition) is 2. The van der Waals surface area contributed by atoms with Gasteiger partial charge >= 0.3 is 0 Å². The van der Waals surface area contributed by atoms with Crippen molar-refractivity contribution in [2.24, 2.45) is 0 Å². The molecule has 0 aromatic carbocycles. The van der Waals surface area contributed by atoms with E-state index in [1.54, 1.807) is 13.1 Å². The molecule has 0 aliphatic rings. The first-order valence-corrected chi connectivity index (χ1v) is 3.34. The number of halogens is 1. The van der Waals surface area contributed by atoms with Gasteiger partial charge < -0.3 is 22.6 Å². The van der Waals surface area contributed by atoms with Crippen LogP contribution in [0, 0.1) is 0 Å². The Labute approximate surface area is 74.0 Å². The zero-order valence-electron chi connectivity index (χ0n) is 6.83. The van der Waals surface area contributed by atoms with Crippen molar-refractivity contribution in [1.29, 1.82) is 0 Å². The van der Waals surface area contributed by atoms with Crippen molar-refractivity contribution in [3.05, 3.63) is 12.7 Å². The van der Waals surface area contributed by atoms with Crippen molar-refractivity contribution < 1.29 is 27.1 Å². The van der Waals surface area contributed by atoms with Crippen molar-refractivity contribution >= 4 is 0 Å². The molecule has 4 heteroatoms. The second kappa shape index (κ2) is 6.61. The number of aliphatic hydroxyl groups excluding tert-OH is 2. The molecule has 0 atom stereocenters. The van der Waals surface area contributed by atoms with Gasteiger partial charge in [0.25, 0.3) is 0 Å². The number of nitrogens with zero attached hydrogens (tertiary/aromatic N) is 1. The first kappa shape index (κ1) is 13.5. The Morgan fingerprint density at radius 1 is 1.36 bits per heavy atom. The molecule has 68 valence electrons. The molecule has 0 spiro atoms. The quantitative estimate of drug-likeness (QED) is 0.268. The lowest BCUT2D eigenvalue weighted by molar-refractivity contribution is -0.943. The summed E-state index contributed by atoms with van der Waals surface area (Å²) in [6.07, 6.45) is 2.60. The smallest absolute Gasteiger partial charge is 0.181 e. The molecule has 0 aromatic rings. The maximum Gasteiger partial charge on any atom is 0.181 e.